The highest BCUT2D eigenvalue weighted by molar-refractivity contribution is 9.10. The molecule has 2 aromatic rings. The molecular weight excluding hydrogens is 420 g/mol. The number of nitrogens with one attached hydrogen (secondary N) is 1. The standard InChI is InChI=1S/C21H27BrN4O2/c1-13(2)17-11-15(22)10-14-12-23-19(25-18(14)17)24-16-6-8-26(9-7-16)20(27)28-21(3,4)5/h10-12,16H,1,6-9H2,2-5H3,(H,23,24,25). The molecule has 1 fully saturated rings. The summed E-state index contributed by atoms with van der Waals surface area (Å²) in [7, 11) is 0. The van der Waals surface area contributed by atoms with Crippen LogP contribution in [0, 0.1) is 0 Å². The predicted octanol–water partition coefficient (Wildman–Crippen LogP) is 5.24. The van der Waals surface area contributed by atoms with Crippen molar-refractivity contribution in [2.45, 2.75) is 52.2 Å². The molecule has 0 bridgehead atoms. The van der Waals surface area contributed by atoms with Crippen LogP contribution in [0.5, 0.6) is 0 Å². The predicted molar refractivity (Wildman–Crippen MR) is 116 cm³/mol. The Labute approximate surface area is 174 Å². The second-order valence-electron chi connectivity index (χ2n) is 8.25. The third-order valence-corrected chi connectivity index (χ3v) is 5.05. The van der Waals surface area contributed by atoms with Gasteiger partial charge in [0.2, 0.25) is 5.95 Å². The fourth-order valence-electron chi connectivity index (χ4n) is 3.22. The molecule has 2 heterocycles. The minimum atomic E-state index is -0.471. The van der Waals surface area contributed by atoms with Crippen molar-refractivity contribution >= 4 is 44.4 Å². The van der Waals surface area contributed by atoms with E-state index in [9.17, 15) is 4.79 Å². The molecule has 0 saturated carbocycles. The summed E-state index contributed by atoms with van der Waals surface area (Å²) in [4.78, 5) is 23.2. The smallest absolute Gasteiger partial charge is 0.410 e. The number of carbonyl (C=O) groups is 1. The number of piperidine rings is 1. The number of hydrogen-bond donors (Lipinski definition) is 1. The van der Waals surface area contributed by atoms with Gasteiger partial charge in [0.25, 0.3) is 0 Å². The molecule has 7 heteroatoms. The Balaban J connectivity index is 1.68. The topological polar surface area (TPSA) is 67.4 Å². The lowest BCUT2D eigenvalue weighted by atomic mass is 10.1. The quantitative estimate of drug-likeness (QED) is 0.698. The molecule has 1 aliphatic heterocycles. The number of amides is 1. The molecule has 3 rings (SSSR count). The van der Waals surface area contributed by atoms with E-state index in [2.05, 4.69) is 32.8 Å². The molecule has 1 N–H and O–H groups in total. The number of likely N-dealkylation sites (tertiary alicyclic amines) is 1. The van der Waals surface area contributed by atoms with Crippen LogP contribution >= 0.6 is 15.9 Å². The normalized spacial score (nSPS) is 15.5. The van der Waals surface area contributed by atoms with Crippen LogP contribution in [-0.2, 0) is 4.74 Å². The Kier molecular flexibility index (Phi) is 5.93. The highest BCUT2D eigenvalue weighted by Gasteiger charge is 2.27. The number of hydrogen-bond acceptors (Lipinski definition) is 5. The van der Waals surface area contributed by atoms with Crippen LogP contribution in [0.1, 0.15) is 46.1 Å². The Morgan fingerprint density at radius 2 is 2.00 bits per heavy atom. The minimum Gasteiger partial charge on any atom is -0.444 e. The number of ether oxygens (including phenoxy) is 1. The van der Waals surface area contributed by atoms with E-state index in [0.29, 0.717) is 19.0 Å². The Hall–Kier alpha value is -2.15. The maximum atomic E-state index is 12.2. The molecule has 0 unspecified atom stereocenters. The SMILES string of the molecule is C=C(C)c1cc(Br)cc2cnc(NC3CCN(C(=O)OC(C)(C)C)CC3)nc12. The Morgan fingerprint density at radius 1 is 1.32 bits per heavy atom. The van der Waals surface area contributed by atoms with E-state index in [4.69, 9.17) is 9.72 Å². The van der Waals surface area contributed by atoms with Gasteiger partial charge in [0.15, 0.2) is 0 Å². The van der Waals surface area contributed by atoms with Gasteiger partial charge in [-0.15, -0.1) is 0 Å². The highest BCUT2D eigenvalue weighted by atomic mass is 79.9. The van der Waals surface area contributed by atoms with Gasteiger partial charge in [-0.1, -0.05) is 22.5 Å². The molecule has 0 atom stereocenters. The maximum Gasteiger partial charge on any atom is 0.410 e. The van der Waals surface area contributed by atoms with Crippen LogP contribution in [-0.4, -0.2) is 45.7 Å². The monoisotopic (exact) mass is 446 g/mol. The molecule has 1 aliphatic rings. The van der Waals surface area contributed by atoms with Gasteiger partial charge in [-0.3, -0.25) is 0 Å². The van der Waals surface area contributed by atoms with Crippen LogP contribution in [0.15, 0.2) is 29.4 Å². The summed E-state index contributed by atoms with van der Waals surface area (Å²) in [6, 6.07) is 4.26. The average molecular weight is 447 g/mol. The van der Waals surface area contributed by atoms with Gasteiger partial charge in [-0.05, 0) is 58.2 Å². The number of aromatic nitrogens is 2. The lowest BCUT2D eigenvalue weighted by molar-refractivity contribution is 0.0210. The molecule has 1 aromatic carbocycles. The van der Waals surface area contributed by atoms with Crippen molar-refractivity contribution in [1.82, 2.24) is 14.9 Å². The van der Waals surface area contributed by atoms with E-state index >= 15 is 0 Å². The lowest BCUT2D eigenvalue weighted by Crippen LogP contribution is -2.44. The second-order valence-corrected chi connectivity index (χ2v) is 9.17. The van der Waals surface area contributed by atoms with Crippen LogP contribution < -0.4 is 5.32 Å². The summed E-state index contributed by atoms with van der Waals surface area (Å²) in [5, 5.41) is 4.39. The first-order valence-corrected chi connectivity index (χ1v) is 10.3. The zero-order valence-electron chi connectivity index (χ0n) is 16.9. The number of rotatable bonds is 3. The summed E-state index contributed by atoms with van der Waals surface area (Å²) in [5.41, 5.74) is 2.39. The molecule has 1 amide bonds. The van der Waals surface area contributed by atoms with Crippen molar-refractivity contribution in [2.24, 2.45) is 0 Å². The van der Waals surface area contributed by atoms with E-state index in [1.54, 1.807) is 4.90 Å². The van der Waals surface area contributed by atoms with Crippen molar-refractivity contribution in [3.8, 4) is 0 Å². The number of fused-ring (bicyclic) bond motifs is 1. The third-order valence-electron chi connectivity index (χ3n) is 4.59. The molecule has 1 saturated heterocycles. The molecule has 150 valence electrons. The van der Waals surface area contributed by atoms with Crippen molar-refractivity contribution in [3.63, 3.8) is 0 Å². The number of halogens is 1. The first-order valence-electron chi connectivity index (χ1n) is 9.49. The van der Waals surface area contributed by atoms with Gasteiger partial charge in [0.05, 0.1) is 5.52 Å². The largest absolute Gasteiger partial charge is 0.444 e. The molecule has 0 aliphatic carbocycles. The van der Waals surface area contributed by atoms with Gasteiger partial charge in [0.1, 0.15) is 5.60 Å². The number of benzene rings is 1. The van der Waals surface area contributed by atoms with Crippen molar-refractivity contribution in [2.75, 3.05) is 18.4 Å². The Morgan fingerprint density at radius 3 is 2.61 bits per heavy atom. The van der Waals surface area contributed by atoms with Crippen molar-refractivity contribution < 1.29 is 9.53 Å². The lowest BCUT2D eigenvalue weighted by Gasteiger charge is -2.33. The number of allylic oxidation sites excluding steroid dienone is 1. The van der Waals surface area contributed by atoms with E-state index in [1.165, 1.54) is 0 Å². The van der Waals surface area contributed by atoms with Gasteiger partial charge >= 0.3 is 6.09 Å². The summed E-state index contributed by atoms with van der Waals surface area (Å²) < 4.78 is 6.44. The average Bonchev–Trinajstić information content (AvgIpc) is 2.60. The fourth-order valence-corrected chi connectivity index (χ4v) is 3.69. The van der Waals surface area contributed by atoms with Gasteiger partial charge in [-0.25, -0.2) is 14.8 Å². The maximum absolute atomic E-state index is 12.2. The van der Waals surface area contributed by atoms with Gasteiger partial charge in [-0.2, -0.15) is 0 Å². The zero-order valence-corrected chi connectivity index (χ0v) is 18.5. The van der Waals surface area contributed by atoms with Gasteiger partial charge < -0.3 is 15.0 Å². The van der Waals surface area contributed by atoms with Crippen LogP contribution in [0.3, 0.4) is 0 Å². The van der Waals surface area contributed by atoms with Crippen molar-refractivity contribution in [3.05, 3.63) is 34.9 Å². The molecule has 0 radical (unpaired) electrons. The zero-order chi connectivity index (χ0) is 20.5. The number of nitrogens with zero attached hydrogens (tertiary/aromatic N) is 3. The molecule has 0 spiro atoms. The summed E-state index contributed by atoms with van der Waals surface area (Å²) in [5.74, 6) is 0.605. The Bertz CT molecular complexity index is 899. The minimum absolute atomic E-state index is 0.222. The first kappa shape index (κ1) is 20.6. The van der Waals surface area contributed by atoms with E-state index in [1.807, 2.05) is 46.0 Å². The first-order chi connectivity index (χ1) is 13.1. The summed E-state index contributed by atoms with van der Waals surface area (Å²) >= 11 is 3.53. The number of carbonyl (C=O) groups excluding carboxylic acids is 1. The molecule has 1 aromatic heterocycles. The van der Waals surface area contributed by atoms with Crippen LogP contribution in [0.4, 0.5) is 10.7 Å². The van der Waals surface area contributed by atoms with E-state index in [0.717, 1.165) is 39.4 Å². The summed E-state index contributed by atoms with van der Waals surface area (Å²) in [6.07, 6.45) is 3.24. The molecular formula is C21H27BrN4O2. The van der Waals surface area contributed by atoms with Gasteiger partial charge in [0, 0.05) is 40.8 Å². The summed E-state index contributed by atoms with van der Waals surface area (Å²) in [6.45, 7) is 13.0. The van der Waals surface area contributed by atoms with Crippen molar-refractivity contribution in [1.29, 1.82) is 0 Å². The van der Waals surface area contributed by atoms with E-state index < -0.39 is 5.60 Å². The van der Waals surface area contributed by atoms with Crippen LogP contribution in [0.2, 0.25) is 0 Å². The fraction of sp³-hybridized carbons (Fsp3) is 0.476. The highest BCUT2D eigenvalue weighted by Crippen LogP contribution is 2.28. The number of anilines is 1. The second kappa shape index (κ2) is 8.07. The van der Waals surface area contributed by atoms with E-state index in [-0.39, 0.29) is 12.1 Å². The third kappa shape index (κ3) is 5.01. The molecule has 6 nitrogen and oxygen atoms in total. The van der Waals surface area contributed by atoms with Crippen LogP contribution in [0.25, 0.3) is 16.5 Å². The molecule has 28 heavy (non-hydrogen) atoms.